The highest BCUT2D eigenvalue weighted by molar-refractivity contribution is 5.85. The van der Waals surface area contributed by atoms with Gasteiger partial charge in [0, 0.05) is 38.4 Å². The lowest BCUT2D eigenvalue weighted by molar-refractivity contribution is 0.564. The molecule has 2 heterocycles. The van der Waals surface area contributed by atoms with E-state index in [-0.39, 0.29) is 24.8 Å². The summed E-state index contributed by atoms with van der Waals surface area (Å²) in [6.07, 6.45) is 14.8. The second-order valence-corrected chi connectivity index (χ2v) is 3.92. The van der Waals surface area contributed by atoms with Crippen LogP contribution < -0.4 is 0 Å². The second kappa shape index (κ2) is 6.58. The van der Waals surface area contributed by atoms with Crippen molar-refractivity contribution in [2.24, 2.45) is 0 Å². The number of rotatable bonds is 0. The molecule has 17 heavy (non-hydrogen) atoms. The fraction of sp³-hybridized carbons (Fsp3) is 0.231. The van der Waals surface area contributed by atoms with Crippen molar-refractivity contribution in [3.8, 4) is 0 Å². The molecular formula is C13H18Cl2N2. The fourth-order valence-corrected chi connectivity index (χ4v) is 1.56. The van der Waals surface area contributed by atoms with Gasteiger partial charge in [0.2, 0.25) is 0 Å². The molecule has 2 aliphatic heterocycles. The van der Waals surface area contributed by atoms with Crippen LogP contribution in [-0.4, -0.2) is 23.9 Å². The summed E-state index contributed by atoms with van der Waals surface area (Å²) < 4.78 is 0. The van der Waals surface area contributed by atoms with E-state index in [0.29, 0.717) is 0 Å². The van der Waals surface area contributed by atoms with Crippen molar-refractivity contribution in [2.45, 2.75) is 6.92 Å². The van der Waals surface area contributed by atoms with Crippen LogP contribution in [0.25, 0.3) is 0 Å². The van der Waals surface area contributed by atoms with Crippen molar-refractivity contribution in [3.63, 3.8) is 0 Å². The first kappa shape index (κ1) is 15.9. The molecule has 0 aromatic rings. The maximum Gasteiger partial charge on any atom is 0.0146 e. The third-order valence-electron chi connectivity index (χ3n) is 2.71. The molecule has 2 aliphatic rings. The molecule has 0 saturated carbocycles. The zero-order chi connectivity index (χ0) is 10.8. The van der Waals surface area contributed by atoms with Gasteiger partial charge in [0.1, 0.15) is 0 Å². The van der Waals surface area contributed by atoms with Gasteiger partial charge < -0.3 is 9.80 Å². The monoisotopic (exact) mass is 272 g/mol. The maximum atomic E-state index is 2.20. The zero-order valence-electron chi connectivity index (χ0n) is 10.3. The van der Waals surface area contributed by atoms with Crippen LogP contribution in [0.15, 0.2) is 59.7 Å². The SMILES string of the molecule is CC1=CC(=C2C=CN(C)C=C2)C=CN1C.Cl.Cl. The average molecular weight is 273 g/mol. The van der Waals surface area contributed by atoms with Crippen molar-refractivity contribution < 1.29 is 0 Å². The number of hydrogen-bond donors (Lipinski definition) is 0. The first-order valence-electron chi connectivity index (χ1n) is 5.09. The third-order valence-corrected chi connectivity index (χ3v) is 2.71. The van der Waals surface area contributed by atoms with Gasteiger partial charge in [-0.25, -0.2) is 0 Å². The summed E-state index contributed by atoms with van der Waals surface area (Å²) in [6, 6.07) is 0. The molecule has 0 aromatic carbocycles. The van der Waals surface area contributed by atoms with Gasteiger partial charge in [-0.2, -0.15) is 0 Å². The summed E-state index contributed by atoms with van der Waals surface area (Å²) in [5.41, 5.74) is 3.80. The summed E-state index contributed by atoms with van der Waals surface area (Å²) in [5.74, 6) is 0. The van der Waals surface area contributed by atoms with Crippen LogP contribution >= 0.6 is 24.8 Å². The molecular weight excluding hydrogens is 255 g/mol. The third kappa shape index (κ3) is 3.69. The van der Waals surface area contributed by atoms with E-state index in [1.54, 1.807) is 0 Å². The Morgan fingerprint density at radius 1 is 0.824 bits per heavy atom. The molecule has 0 atom stereocenters. The van der Waals surface area contributed by atoms with E-state index in [1.807, 2.05) is 11.9 Å². The van der Waals surface area contributed by atoms with E-state index < -0.39 is 0 Å². The number of hydrogen-bond acceptors (Lipinski definition) is 2. The minimum Gasteiger partial charge on any atom is -0.357 e. The Morgan fingerprint density at radius 2 is 1.35 bits per heavy atom. The van der Waals surface area contributed by atoms with Gasteiger partial charge in [0.25, 0.3) is 0 Å². The molecule has 0 aliphatic carbocycles. The predicted octanol–water partition coefficient (Wildman–Crippen LogP) is 3.46. The Bertz CT molecular complexity index is 401. The maximum absolute atomic E-state index is 2.20. The molecule has 0 amide bonds. The Kier molecular flexibility index (Phi) is 6.14. The predicted molar refractivity (Wildman–Crippen MR) is 78.2 cm³/mol. The fourth-order valence-electron chi connectivity index (χ4n) is 1.56. The standard InChI is InChI=1S/C13H16N2.2ClH/c1-11-10-13(6-9-15(11)3)12-4-7-14(2)8-5-12;;/h4-10H,1-3H3;2*1H. The Morgan fingerprint density at radius 3 is 1.88 bits per heavy atom. The summed E-state index contributed by atoms with van der Waals surface area (Å²) >= 11 is 0. The van der Waals surface area contributed by atoms with Gasteiger partial charge in [-0.1, -0.05) is 0 Å². The van der Waals surface area contributed by atoms with E-state index >= 15 is 0 Å². The van der Waals surface area contributed by atoms with Crippen LogP contribution in [0.5, 0.6) is 0 Å². The topological polar surface area (TPSA) is 6.48 Å². The van der Waals surface area contributed by atoms with Crippen molar-refractivity contribution in [1.82, 2.24) is 9.80 Å². The molecule has 0 N–H and O–H groups in total. The minimum atomic E-state index is 0. The largest absolute Gasteiger partial charge is 0.357 e. The summed E-state index contributed by atoms with van der Waals surface area (Å²) in [5, 5.41) is 0. The van der Waals surface area contributed by atoms with E-state index in [0.717, 1.165) is 0 Å². The summed E-state index contributed by atoms with van der Waals surface area (Å²) in [6.45, 7) is 2.12. The van der Waals surface area contributed by atoms with Gasteiger partial charge in [0.05, 0.1) is 0 Å². The molecule has 0 fully saturated rings. The smallest absolute Gasteiger partial charge is 0.0146 e. The van der Waals surface area contributed by atoms with Crippen molar-refractivity contribution in [1.29, 1.82) is 0 Å². The molecule has 0 saturated heterocycles. The quantitative estimate of drug-likeness (QED) is 0.667. The molecule has 0 bridgehead atoms. The van der Waals surface area contributed by atoms with Gasteiger partial charge in [0.15, 0.2) is 0 Å². The van der Waals surface area contributed by atoms with Crippen LogP contribution in [0.4, 0.5) is 0 Å². The van der Waals surface area contributed by atoms with Gasteiger partial charge >= 0.3 is 0 Å². The van der Waals surface area contributed by atoms with Crippen LogP contribution in [0.2, 0.25) is 0 Å². The number of nitrogens with zero attached hydrogens (tertiary/aromatic N) is 2. The molecule has 2 rings (SSSR count). The van der Waals surface area contributed by atoms with Crippen LogP contribution in [0, 0.1) is 0 Å². The van der Waals surface area contributed by atoms with Crippen LogP contribution in [0.1, 0.15) is 6.92 Å². The molecule has 2 nitrogen and oxygen atoms in total. The highest BCUT2D eigenvalue weighted by Crippen LogP contribution is 2.21. The number of allylic oxidation sites excluding steroid dienone is 7. The Balaban J connectivity index is 0.00000128. The molecule has 0 spiro atoms. The Labute approximate surface area is 115 Å². The first-order valence-corrected chi connectivity index (χ1v) is 5.09. The lowest BCUT2D eigenvalue weighted by Crippen LogP contribution is -2.11. The minimum absolute atomic E-state index is 0. The normalized spacial score (nSPS) is 17.7. The summed E-state index contributed by atoms with van der Waals surface area (Å²) in [4.78, 5) is 4.16. The van der Waals surface area contributed by atoms with E-state index in [2.05, 4.69) is 61.8 Å². The molecule has 94 valence electrons. The number of halogens is 2. The van der Waals surface area contributed by atoms with Crippen molar-refractivity contribution in [3.05, 3.63) is 59.7 Å². The van der Waals surface area contributed by atoms with E-state index in [1.165, 1.54) is 16.8 Å². The average Bonchev–Trinajstić information content (AvgIpc) is 2.23. The lowest BCUT2D eigenvalue weighted by Gasteiger charge is -2.21. The molecule has 4 heteroatoms. The van der Waals surface area contributed by atoms with E-state index in [9.17, 15) is 0 Å². The van der Waals surface area contributed by atoms with Crippen LogP contribution in [-0.2, 0) is 0 Å². The van der Waals surface area contributed by atoms with Gasteiger partial charge in [-0.3, -0.25) is 0 Å². The molecule has 0 unspecified atom stereocenters. The van der Waals surface area contributed by atoms with Gasteiger partial charge in [-0.05, 0) is 42.4 Å². The molecule has 0 aromatic heterocycles. The first-order chi connectivity index (χ1) is 7.16. The Hall–Kier alpha value is -1.12. The van der Waals surface area contributed by atoms with Crippen molar-refractivity contribution >= 4 is 24.8 Å². The highest BCUT2D eigenvalue weighted by atomic mass is 35.5. The zero-order valence-corrected chi connectivity index (χ0v) is 11.9. The van der Waals surface area contributed by atoms with Gasteiger partial charge in [-0.15, -0.1) is 24.8 Å². The van der Waals surface area contributed by atoms with Crippen LogP contribution in [0.3, 0.4) is 0 Å². The highest BCUT2D eigenvalue weighted by Gasteiger charge is 2.06. The molecule has 0 radical (unpaired) electrons. The lowest BCUT2D eigenvalue weighted by atomic mass is 10.0. The second-order valence-electron chi connectivity index (χ2n) is 3.92. The van der Waals surface area contributed by atoms with Crippen molar-refractivity contribution in [2.75, 3.05) is 14.1 Å². The van der Waals surface area contributed by atoms with E-state index in [4.69, 9.17) is 0 Å². The summed E-state index contributed by atoms with van der Waals surface area (Å²) in [7, 11) is 4.09.